The summed E-state index contributed by atoms with van der Waals surface area (Å²) < 4.78 is 0. The fourth-order valence-electron chi connectivity index (χ4n) is 3.57. The lowest BCUT2D eigenvalue weighted by atomic mass is 9.80. The van der Waals surface area contributed by atoms with E-state index in [1.807, 2.05) is 0 Å². The second kappa shape index (κ2) is 9.64. The van der Waals surface area contributed by atoms with Gasteiger partial charge in [0.25, 0.3) is 0 Å². The first-order valence-electron chi connectivity index (χ1n) is 8.46. The molecule has 0 aromatic heterocycles. The first-order chi connectivity index (χ1) is 8.79. The van der Waals surface area contributed by atoms with Gasteiger partial charge in [0.05, 0.1) is 0 Å². The summed E-state index contributed by atoms with van der Waals surface area (Å²) >= 11 is 0. The summed E-state index contributed by atoms with van der Waals surface area (Å²) in [5.74, 6) is 2.76. The van der Waals surface area contributed by atoms with Gasteiger partial charge in [0, 0.05) is 0 Å². The first-order valence-corrected chi connectivity index (χ1v) is 8.46. The molecule has 0 radical (unpaired) electrons. The van der Waals surface area contributed by atoms with Gasteiger partial charge >= 0.3 is 0 Å². The molecule has 2 aliphatic carbocycles. The Hall–Kier alpha value is -0.260. The van der Waals surface area contributed by atoms with Crippen molar-refractivity contribution in [3.8, 4) is 0 Å². The third-order valence-electron chi connectivity index (χ3n) is 4.64. The molecule has 0 aromatic carbocycles. The first kappa shape index (κ1) is 15.8. The average Bonchev–Trinajstić information content (AvgIpc) is 3.02. The maximum atomic E-state index is 2.47. The van der Waals surface area contributed by atoms with E-state index in [0.29, 0.717) is 0 Å². The van der Waals surface area contributed by atoms with Crippen LogP contribution in [0, 0.1) is 17.8 Å². The lowest BCUT2D eigenvalue weighted by Gasteiger charge is -2.25. The second-order valence-corrected chi connectivity index (χ2v) is 6.32. The van der Waals surface area contributed by atoms with Crippen LogP contribution in [0.15, 0.2) is 12.2 Å². The molecule has 0 spiro atoms. The maximum absolute atomic E-state index is 2.47. The highest BCUT2D eigenvalue weighted by atomic mass is 14.3. The van der Waals surface area contributed by atoms with Gasteiger partial charge in [-0.05, 0) is 24.2 Å². The van der Waals surface area contributed by atoms with E-state index >= 15 is 0 Å². The molecule has 1 fully saturated rings. The highest BCUT2D eigenvalue weighted by Gasteiger charge is 2.25. The Morgan fingerprint density at radius 2 is 1.44 bits per heavy atom. The number of rotatable bonds is 5. The van der Waals surface area contributed by atoms with Gasteiger partial charge in [-0.25, -0.2) is 0 Å². The van der Waals surface area contributed by atoms with Crippen molar-refractivity contribution in [3.05, 3.63) is 12.2 Å². The fourth-order valence-corrected chi connectivity index (χ4v) is 3.57. The lowest BCUT2D eigenvalue weighted by molar-refractivity contribution is 0.277. The predicted molar refractivity (Wildman–Crippen MR) is 82.8 cm³/mol. The van der Waals surface area contributed by atoms with Crippen LogP contribution in [0.2, 0.25) is 0 Å². The molecule has 0 heteroatoms. The Balaban J connectivity index is 0.000000269. The molecule has 0 nitrogen and oxygen atoms in total. The zero-order valence-electron chi connectivity index (χ0n) is 13.0. The molecule has 2 rings (SSSR count). The molecule has 0 aromatic rings. The van der Waals surface area contributed by atoms with E-state index in [0.717, 1.165) is 17.8 Å². The van der Waals surface area contributed by atoms with E-state index in [9.17, 15) is 0 Å². The van der Waals surface area contributed by atoms with Crippen LogP contribution < -0.4 is 0 Å². The fraction of sp³-hybridized carbons (Fsp3) is 0.889. The molecular formula is C18H34. The van der Waals surface area contributed by atoms with E-state index in [1.54, 1.807) is 0 Å². The lowest BCUT2D eigenvalue weighted by Crippen LogP contribution is -2.16. The molecule has 106 valence electrons. The summed E-state index contributed by atoms with van der Waals surface area (Å²) in [4.78, 5) is 0. The average molecular weight is 250 g/mol. The second-order valence-electron chi connectivity index (χ2n) is 6.32. The van der Waals surface area contributed by atoms with Crippen molar-refractivity contribution in [2.45, 2.75) is 85.0 Å². The van der Waals surface area contributed by atoms with Gasteiger partial charge in [-0.15, -0.1) is 0 Å². The minimum absolute atomic E-state index is 0.889. The molecule has 2 atom stereocenters. The highest BCUT2D eigenvalue weighted by Crippen LogP contribution is 2.35. The Bertz CT molecular complexity index is 198. The van der Waals surface area contributed by atoms with Gasteiger partial charge in [0.2, 0.25) is 0 Å². The summed E-state index contributed by atoms with van der Waals surface area (Å²) in [6.45, 7) is 7.03. The topological polar surface area (TPSA) is 0 Å². The van der Waals surface area contributed by atoms with Crippen molar-refractivity contribution in [1.82, 2.24) is 0 Å². The minimum atomic E-state index is 0.889. The van der Waals surface area contributed by atoms with E-state index < -0.39 is 0 Å². The maximum Gasteiger partial charge on any atom is -0.0176 e. The summed E-state index contributed by atoms with van der Waals surface area (Å²) in [5.41, 5.74) is 0. The molecular weight excluding hydrogens is 216 g/mol. The third-order valence-corrected chi connectivity index (χ3v) is 4.64. The molecule has 0 bridgehead atoms. The molecule has 1 saturated carbocycles. The molecule has 0 amide bonds. The molecule has 0 aliphatic heterocycles. The van der Waals surface area contributed by atoms with Gasteiger partial charge in [0.15, 0.2) is 0 Å². The molecule has 0 heterocycles. The Morgan fingerprint density at radius 1 is 0.944 bits per heavy atom. The van der Waals surface area contributed by atoms with Gasteiger partial charge in [0.1, 0.15) is 0 Å². The molecule has 1 unspecified atom stereocenters. The van der Waals surface area contributed by atoms with Crippen molar-refractivity contribution >= 4 is 0 Å². The van der Waals surface area contributed by atoms with Gasteiger partial charge in [-0.2, -0.15) is 0 Å². The van der Waals surface area contributed by atoms with Crippen LogP contribution in [0.3, 0.4) is 0 Å². The Morgan fingerprint density at radius 3 is 1.78 bits per heavy atom. The van der Waals surface area contributed by atoms with E-state index in [1.165, 1.54) is 64.2 Å². The minimum Gasteiger partial charge on any atom is -0.0880 e. The predicted octanol–water partition coefficient (Wildman–Crippen LogP) is 6.37. The van der Waals surface area contributed by atoms with Crippen molar-refractivity contribution in [2.24, 2.45) is 17.8 Å². The normalized spacial score (nSPS) is 26.4. The summed E-state index contributed by atoms with van der Waals surface area (Å²) in [6.07, 6.45) is 19.2. The van der Waals surface area contributed by atoms with E-state index in [4.69, 9.17) is 0 Å². The standard InChI is InChI=1S/C13H24.C5H10/c1-4-7-12(8-5-2)13-10-6-9-11(13)3;1-2-4-5-3-1/h6,10-13H,4-5,7-9H2,1-3H3;1-5H2/t11-,13?;/m1./s1. The number of hydrogen-bond acceptors (Lipinski definition) is 0. The van der Waals surface area contributed by atoms with Crippen molar-refractivity contribution in [2.75, 3.05) is 0 Å². The van der Waals surface area contributed by atoms with Crippen molar-refractivity contribution in [1.29, 1.82) is 0 Å². The smallest absolute Gasteiger partial charge is 0.0176 e. The van der Waals surface area contributed by atoms with Crippen LogP contribution in [0.25, 0.3) is 0 Å². The summed E-state index contributed by atoms with van der Waals surface area (Å²) in [7, 11) is 0. The SMILES string of the molecule is C1CCCC1.CCCC(CCC)C1C=CC[C@H]1C. The van der Waals surface area contributed by atoms with Crippen LogP contribution in [0.1, 0.15) is 85.0 Å². The highest BCUT2D eigenvalue weighted by molar-refractivity contribution is 5.02. The summed E-state index contributed by atoms with van der Waals surface area (Å²) in [6, 6.07) is 0. The van der Waals surface area contributed by atoms with Crippen LogP contribution in [0.5, 0.6) is 0 Å². The van der Waals surface area contributed by atoms with Crippen LogP contribution >= 0.6 is 0 Å². The van der Waals surface area contributed by atoms with Gasteiger partial charge in [-0.1, -0.05) is 90.7 Å². The van der Waals surface area contributed by atoms with Gasteiger partial charge < -0.3 is 0 Å². The van der Waals surface area contributed by atoms with E-state index in [-0.39, 0.29) is 0 Å². The van der Waals surface area contributed by atoms with Crippen LogP contribution in [0.4, 0.5) is 0 Å². The van der Waals surface area contributed by atoms with Crippen molar-refractivity contribution in [3.63, 3.8) is 0 Å². The van der Waals surface area contributed by atoms with Crippen LogP contribution in [-0.4, -0.2) is 0 Å². The molecule has 2 aliphatic rings. The molecule has 0 N–H and O–H groups in total. The number of hydrogen-bond donors (Lipinski definition) is 0. The molecule has 0 saturated heterocycles. The zero-order valence-corrected chi connectivity index (χ0v) is 13.0. The monoisotopic (exact) mass is 250 g/mol. The zero-order chi connectivity index (χ0) is 13.2. The Kier molecular flexibility index (Phi) is 8.46. The molecule has 18 heavy (non-hydrogen) atoms. The van der Waals surface area contributed by atoms with E-state index in [2.05, 4.69) is 32.9 Å². The third kappa shape index (κ3) is 5.59. The quantitative estimate of drug-likeness (QED) is 0.498. The number of allylic oxidation sites excluding steroid dienone is 2. The summed E-state index contributed by atoms with van der Waals surface area (Å²) in [5, 5.41) is 0. The Labute approximate surface area is 115 Å². The van der Waals surface area contributed by atoms with Gasteiger partial charge in [-0.3, -0.25) is 0 Å². The van der Waals surface area contributed by atoms with Crippen molar-refractivity contribution < 1.29 is 0 Å². The van der Waals surface area contributed by atoms with Crippen LogP contribution in [-0.2, 0) is 0 Å². The largest absolute Gasteiger partial charge is 0.0880 e.